The van der Waals surface area contributed by atoms with E-state index in [0.717, 1.165) is 27.8 Å². The summed E-state index contributed by atoms with van der Waals surface area (Å²) in [5.74, 6) is 0.354. The smallest absolute Gasteiger partial charge is 0.354 e. The third-order valence-electron chi connectivity index (χ3n) is 3.93. The van der Waals surface area contributed by atoms with Gasteiger partial charge in [-0.2, -0.15) is 0 Å². The lowest BCUT2D eigenvalue weighted by molar-refractivity contribution is 0.430. The molecule has 0 spiro atoms. The quantitative estimate of drug-likeness (QED) is 0.668. The van der Waals surface area contributed by atoms with Crippen molar-refractivity contribution in [2.75, 3.05) is 0 Å². The Labute approximate surface area is 156 Å². The number of benzene rings is 2. The SMILES string of the molecule is CC(C)(C)c1cc(O)ccc1Sc1c(O)cc(-c2ccccc2)oc1=O. The lowest BCUT2D eigenvalue weighted by atomic mass is 9.87. The number of hydrogen-bond donors (Lipinski definition) is 2. The van der Waals surface area contributed by atoms with Crippen LogP contribution in [0.5, 0.6) is 11.5 Å². The Bertz CT molecular complexity index is 985. The van der Waals surface area contributed by atoms with Gasteiger partial charge in [0.1, 0.15) is 22.2 Å². The van der Waals surface area contributed by atoms with Gasteiger partial charge in [-0.3, -0.25) is 0 Å². The van der Waals surface area contributed by atoms with Crippen molar-refractivity contribution in [1.82, 2.24) is 0 Å². The maximum absolute atomic E-state index is 12.5. The summed E-state index contributed by atoms with van der Waals surface area (Å²) in [4.78, 5) is 13.4. The monoisotopic (exact) mass is 368 g/mol. The van der Waals surface area contributed by atoms with Crippen molar-refractivity contribution in [3.8, 4) is 22.8 Å². The van der Waals surface area contributed by atoms with Gasteiger partial charge in [0.2, 0.25) is 0 Å². The minimum Gasteiger partial charge on any atom is -0.508 e. The maximum atomic E-state index is 12.5. The molecule has 2 aromatic carbocycles. The highest BCUT2D eigenvalue weighted by Crippen LogP contribution is 2.40. The summed E-state index contributed by atoms with van der Waals surface area (Å²) >= 11 is 1.14. The van der Waals surface area contributed by atoms with Crippen LogP contribution < -0.4 is 5.63 Å². The van der Waals surface area contributed by atoms with Crippen LogP contribution in [-0.4, -0.2) is 10.2 Å². The zero-order valence-corrected chi connectivity index (χ0v) is 15.6. The van der Waals surface area contributed by atoms with Gasteiger partial charge in [0.25, 0.3) is 0 Å². The van der Waals surface area contributed by atoms with Gasteiger partial charge in [0.15, 0.2) is 0 Å². The van der Waals surface area contributed by atoms with E-state index in [-0.39, 0.29) is 21.8 Å². The zero-order chi connectivity index (χ0) is 18.9. The van der Waals surface area contributed by atoms with Gasteiger partial charge in [-0.05, 0) is 29.2 Å². The van der Waals surface area contributed by atoms with E-state index in [2.05, 4.69) is 0 Å². The zero-order valence-electron chi connectivity index (χ0n) is 14.8. The van der Waals surface area contributed by atoms with Gasteiger partial charge >= 0.3 is 5.63 Å². The Balaban J connectivity index is 2.04. The molecule has 0 bridgehead atoms. The molecule has 134 valence electrons. The summed E-state index contributed by atoms with van der Waals surface area (Å²) in [6.45, 7) is 6.06. The number of hydrogen-bond acceptors (Lipinski definition) is 5. The molecule has 1 heterocycles. The molecule has 0 atom stereocenters. The van der Waals surface area contributed by atoms with Crippen LogP contribution >= 0.6 is 11.8 Å². The van der Waals surface area contributed by atoms with Gasteiger partial charge in [0, 0.05) is 16.5 Å². The fraction of sp³-hybridized carbons (Fsp3) is 0.190. The first-order valence-corrected chi connectivity index (χ1v) is 9.01. The Morgan fingerprint density at radius 1 is 0.962 bits per heavy atom. The first-order chi connectivity index (χ1) is 12.3. The van der Waals surface area contributed by atoms with E-state index in [1.54, 1.807) is 18.2 Å². The summed E-state index contributed by atoms with van der Waals surface area (Å²) in [6.07, 6.45) is 0. The standard InChI is InChI=1S/C21H20O4S/c1-21(2,3)15-11-14(22)9-10-18(15)26-19-16(23)12-17(25-20(19)24)13-7-5-4-6-8-13/h4-12,22-23H,1-3H3. The van der Waals surface area contributed by atoms with E-state index in [9.17, 15) is 15.0 Å². The molecule has 26 heavy (non-hydrogen) atoms. The highest BCUT2D eigenvalue weighted by atomic mass is 32.2. The van der Waals surface area contributed by atoms with Crippen LogP contribution in [0.2, 0.25) is 0 Å². The third kappa shape index (κ3) is 3.78. The van der Waals surface area contributed by atoms with E-state index in [4.69, 9.17) is 4.42 Å². The van der Waals surface area contributed by atoms with Crippen LogP contribution in [0, 0.1) is 0 Å². The minimum atomic E-state index is -0.596. The van der Waals surface area contributed by atoms with Gasteiger partial charge < -0.3 is 14.6 Å². The van der Waals surface area contributed by atoms with Gasteiger partial charge in [-0.1, -0.05) is 62.9 Å². The van der Waals surface area contributed by atoms with Crippen LogP contribution in [-0.2, 0) is 5.41 Å². The second-order valence-corrected chi connectivity index (χ2v) is 8.06. The Morgan fingerprint density at radius 2 is 1.65 bits per heavy atom. The molecule has 3 aromatic rings. The largest absolute Gasteiger partial charge is 0.508 e. The van der Waals surface area contributed by atoms with Crippen molar-refractivity contribution in [1.29, 1.82) is 0 Å². The number of rotatable bonds is 3. The van der Waals surface area contributed by atoms with E-state index in [1.165, 1.54) is 6.07 Å². The number of aromatic hydroxyl groups is 2. The summed E-state index contributed by atoms with van der Waals surface area (Å²) in [7, 11) is 0. The lowest BCUT2D eigenvalue weighted by Gasteiger charge is -2.22. The van der Waals surface area contributed by atoms with Crippen LogP contribution in [0.15, 0.2) is 73.6 Å². The summed E-state index contributed by atoms with van der Waals surface area (Å²) in [5, 5.41) is 20.2. The van der Waals surface area contributed by atoms with E-state index >= 15 is 0 Å². The second-order valence-electron chi connectivity index (χ2n) is 7.01. The molecule has 0 fully saturated rings. The highest BCUT2D eigenvalue weighted by Gasteiger charge is 2.22. The molecule has 3 rings (SSSR count). The normalized spacial score (nSPS) is 11.5. The lowest BCUT2D eigenvalue weighted by Crippen LogP contribution is -2.13. The van der Waals surface area contributed by atoms with Gasteiger partial charge in [-0.15, -0.1) is 0 Å². The predicted octanol–water partition coefficient (Wildman–Crippen LogP) is 5.17. The Kier molecular flexibility index (Phi) is 4.83. The summed E-state index contributed by atoms with van der Waals surface area (Å²) in [6, 6.07) is 15.6. The second kappa shape index (κ2) is 6.92. The first-order valence-electron chi connectivity index (χ1n) is 8.19. The molecule has 0 unspecified atom stereocenters. The molecule has 2 N–H and O–H groups in total. The van der Waals surface area contributed by atoms with E-state index in [0.29, 0.717) is 5.76 Å². The van der Waals surface area contributed by atoms with Crippen molar-refractivity contribution in [2.24, 2.45) is 0 Å². The molecule has 0 saturated carbocycles. The summed E-state index contributed by atoms with van der Waals surface area (Å²) < 4.78 is 5.41. The predicted molar refractivity (Wildman–Crippen MR) is 103 cm³/mol. The Hall–Kier alpha value is -2.66. The molecule has 0 aliphatic carbocycles. The molecular weight excluding hydrogens is 348 g/mol. The highest BCUT2D eigenvalue weighted by molar-refractivity contribution is 7.99. The van der Waals surface area contributed by atoms with Crippen LogP contribution in [0.1, 0.15) is 26.3 Å². The fourth-order valence-corrected chi connectivity index (χ4v) is 3.73. The third-order valence-corrected chi connectivity index (χ3v) is 5.09. The van der Waals surface area contributed by atoms with Gasteiger partial charge in [0.05, 0.1) is 0 Å². The molecule has 5 heteroatoms. The number of phenols is 1. The summed E-state index contributed by atoms with van der Waals surface area (Å²) in [5.41, 5.74) is 0.771. The minimum absolute atomic E-state index is 0.126. The molecule has 0 aliphatic rings. The molecule has 4 nitrogen and oxygen atoms in total. The molecule has 0 amide bonds. The van der Waals surface area contributed by atoms with Crippen LogP contribution in [0.4, 0.5) is 0 Å². The fourth-order valence-electron chi connectivity index (χ4n) is 2.61. The first kappa shape index (κ1) is 18.1. The molecule has 0 saturated heterocycles. The maximum Gasteiger partial charge on any atom is 0.354 e. The van der Waals surface area contributed by atoms with Crippen molar-refractivity contribution in [3.63, 3.8) is 0 Å². The molecular formula is C21H20O4S. The average molecular weight is 368 g/mol. The molecule has 0 radical (unpaired) electrons. The molecule has 1 aromatic heterocycles. The van der Waals surface area contributed by atoms with E-state index < -0.39 is 5.63 Å². The van der Waals surface area contributed by atoms with E-state index in [1.807, 2.05) is 51.1 Å². The average Bonchev–Trinajstić information content (AvgIpc) is 2.59. The van der Waals surface area contributed by atoms with Crippen molar-refractivity contribution >= 4 is 11.8 Å². The van der Waals surface area contributed by atoms with Crippen molar-refractivity contribution in [3.05, 3.63) is 70.6 Å². The Morgan fingerprint density at radius 3 is 2.27 bits per heavy atom. The van der Waals surface area contributed by atoms with Crippen LogP contribution in [0.3, 0.4) is 0 Å². The molecule has 0 aliphatic heterocycles. The number of phenolic OH excluding ortho intramolecular Hbond substituents is 1. The van der Waals surface area contributed by atoms with Crippen molar-refractivity contribution < 1.29 is 14.6 Å². The van der Waals surface area contributed by atoms with Crippen LogP contribution in [0.25, 0.3) is 11.3 Å². The topological polar surface area (TPSA) is 70.7 Å². The van der Waals surface area contributed by atoms with Gasteiger partial charge in [-0.25, -0.2) is 4.79 Å². The van der Waals surface area contributed by atoms with Crippen molar-refractivity contribution in [2.45, 2.75) is 36.0 Å².